The monoisotopic (exact) mass is 291 g/mol. The molecule has 0 saturated heterocycles. The molecule has 0 bridgehead atoms. The van der Waals surface area contributed by atoms with Crippen LogP contribution in [0, 0.1) is 5.92 Å². The van der Waals surface area contributed by atoms with Gasteiger partial charge in [-0.25, -0.2) is 4.79 Å². The van der Waals surface area contributed by atoms with Crippen LogP contribution in [0.15, 0.2) is 24.3 Å². The Balaban J connectivity index is 2.06. The number of para-hydroxylation sites is 2. The van der Waals surface area contributed by atoms with Crippen LogP contribution in [0.2, 0.25) is 0 Å². The summed E-state index contributed by atoms with van der Waals surface area (Å²) < 4.78 is 10.3. The maximum Gasteiger partial charge on any atom is 0.328 e. The highest BCUT2D eigenvalue weighted by Gasteiger charge is 2.25. The molecule has 2 rings (SSSR count). The van der Waals surface area contributed by atoms with E-state index in [1.807, 2.05) is 24.3 Å². The molecule has 0 aliphatic heterocycles. The number of anilines is 1. The summed E-state index contributed by atoms with van der Waals surface area (Å²) in [5, 5.41) is 3.30. The van der Waals surface area contributed by atoms with Crippen molar-refractivity contribution in [3.63, 3.8) is 0 Å². The van der Waals surface area contributed by atoms with Crippen molar-refractivity contribution in [2.24, 2.45) is 5.92 Å². The topological polar surface area (TPSA) is 47.6 Å². The lowest BCUT2D eigenvalue weighted by Gasteiger charge is -2.26. The van der Waals surface area contributed by atoms with Gasteiger partial charge in [0.05, 0.1) is 19.9 Å². The van der Waals surface area contributed by atoms with E-state index in [1.165, 1.54) is 39.2 Å². The third kappa shape index (κ3) is 4.38. The Labute approximate surface area is 126 Å². The van der Waals surface area contributed by atoms with E-state index in [2.05, 4.69) is 5.32 Å². The van der Waals surface area contributed by atoms with Crippen LogP contribution in [0.25, 0.3) is 0 Å². The maximum atomic E-state index is 12.1. The number of esters is 1. The third-order valence-corrected chi connectivity index (χ3v) is 4.22. The summed E-state index contributed by atoms with van der Waals surface area (Å²) in [6.45, 7) is 0. The lowest BCUT2D eigenvalue weighted by Crippen LogP contribution is -2.33. The Kier molecular flexibility index (Phi) is 5.90. The molecule has 0 radical (unpaired) electrons. The van der Waals surface area contributed by atoms with E-state index in [0.29, 0.717) is 5.92 Å². The minimum Gasteiger partial charge on any atom is -0.495 e. The van der Waals surface area contributed by atoms with Gasteiger partial charge in [-0.05, 0) is 24.5 Å². The summed E-state index contributed by atoms with van der Waals surface area (Å²) in [6, 6.07) is 7.35. The number of hydrogen-bond acceptors (Lipinski definition) is 4. The summed E-state index contributed by atoms with van der Waals surface area (Å²) >= 11 is 0. The van der Waals surface area contributed by atoms with Crippen molar-refractivity contribution in [3.8, 4) is 5.75 Å². The first-order valence-electron chi connectivity index (χ1n) is 7.72. The molecule has 1 aromatic carbocycles. The average molecular weight is 291 g/mol. The van der Waals surface area contributed by atoms with Gasteiger partial charge in [0, 0.05) is 0 Å². The highest BCUT2D eigenvalue weighted by atomic mass is 16.5. The van der Waals surface area contributed by atoms with Gasteiger partial charge in [0.2, 0.25) is 0 Å². The fourth-order valence-corrected chi connectivity index (χ4v) is 3.06. The zero-order chi connectivity index (χ0) is 15.1. The van der Waals surface area contributed by atoms with Crippen LogP contribution in [0.5, 0.6) is 5.75 Å². The number of hydrogen-bond donors (Lipinski definition) is 1. The molecular weight excluding hydrogens is 266 g/mol. The van der Waals surface area contributed by atoms with Crippen LogP contribution in [-0.2, 0) is 9.53 Å². The number of nitrogens with one attached hydrogen (secondary N) is 1. The van der Waals surface area contributed by atoms with Gasteiger partial charge in [-0.2, -0.15) is 0 Å². The highest BCUT2D eigenvalue weighted by molar-refractivity contribution is 5.80. The fraction of sp³-hybridized carbons (Fsp3) is 0.588. The lowest BCUT2D eigenvalue weighted by molar-refractivity contribution is -0.142. The van der Waals surface area contributed by atoms with E-state index in [0.717, 1.165) is 17.9 Å². The van der Waals surface area contributed by atoms with E-state index in [4.69, 9.17) is 9.47 Å². The first-order chi connectivity index (χ1) is 10.2. The second-order valence-electron chi connectivity index (χ2n) is 5.66. The first kappa shape index (κ1) is 15.7. The van der Waals surface area contributed by atoms with Gasteiger partial charge in [0.25, 0.3) is 0 Å². The van der Waals surface area contributed by atoms with Gasteiger partial charge in [0.15, 0.2) is 0 Å². The molecule has 0 heterocycles. The average Bonchev–Trinajstić information content (AvgIpc) is 2.55. The standard InChI is InChI=1S/C17H25NO3/c1-20-16-11-7-6-10-14(16)18-15(17(19)21-2)12-13-8-4-3-5-9-13/h6-7,10-11,13,15,18H,3-5,8-9,12H2,1-2H3. The van der Waals surface area contributed by atoms with Crippen molar-refractivity contribution < 1.29 is 14.3 Å². The van der Waals surface area contributed by atoms with Crippen molar-refractivity contribution in [3.05, 3.63) is 24.3 Å². The number of carbonyl (C=O) groups is 1. The smallest absolute Gasteiger partial charge is 0.328 e. The van der Waals surface area contributed by atoms with Gasteiger partial charge < -0.3 is 14.8 Å². The van der Waals surface area contributed by atoms with Crippen molar-refractivity contribution in [2.75, 3.05) is 19.5 Å². The molecule has 1 atom stereocenters. The molecule has 1 aliphatic carbocycles. The fourth-order valence-electron chi connectivity index (χ4n) is 3.06. The second kappa shape index (κ2) is 7.91. The molecule has 116 valence electrons. The van der Waals surface area contributed by atoms with Crippen LogP contribution < -0.4 is 10.1 Å². The number of benzene rings is 1. The van der Waals surface area contributed by atoms with Crippen LogP contribution >= 0.6 is 0 Å². The first-order valence-corrected chi connectivity index (χ1v) is 7.72. The number of ether oxygens (including phenoxy) is 2. The summed E-state index contributed by atoms with van der Waals surface area (Å²) in [5.74, 6) is 1.14. The quantitative estimate of drug-likeness (QED) is 0.813. The summed E-state index contributed by atoms with van der Waals surface area (Å²) in [7, 11) is 3.08. The molecule has 1 saturated carbocycles. The molecule has 1 aromatic rings. The number of rotatable bonds is 6. The molecule has 4 nitrogen and oxygen atoms in total. The van der Waals surface area contributed by atoms with E-state index < -0.39 is 0 Å². The normalized spacial score (nSPS) is 17.0. The van der Waals surface area contributed by atoms with Crippen LogP contribution in [0.3, 0.4) is 0 Å². The van der Waals surface area contributed by atoms with Gasteiger partial charge in [-0.15, -0.1) is 0 Å². The van der Waals surface area contributed by atoms with Crippen LogP contribution in [0.1, 0.15) is 38.5 Å². The van der Waals surface area contributed by atoms with E-state index in [9.17, 15) is 4.79 Å². The molecule has 0 amide bonds. The van der Waals surface area contributed by atoms with Gasteiger partial charge in [0.1, 0.15) is 11.8 Å². The summed E-state index contributed by atoms with van der Waals surface area (Å²) in [4.78, 5) is 12.1. The highest BCUT2D eigenvalue weighted by Crippen LogP contribution is 2.30. The van der Waals surface area contributed by atoms with Crippen molar-refractivity contribution >= 4 is 11.7 Å². The Hall–Kier alpha value is -1.71. The van der Waals surface area contributed by atoms with Gasteiger partial charge in [-0.3, -0.25) is 0 Å². The van der Waals surface area contributed by atoms with E-state index >= 15 is 0 Å². The molecule has 0 aromatic heterocycles. The van der Waals surface area contributed by atoms with Crippen LogP contribution in [-0.4, -0.2) is 26.2 Å². The Morgan fingerprint density at radius 3 is 2.62 bits per heavy atom. The SMILES string of the molecule is COC(=O)C(CC1CCCCC1)Nc1ccccc1OC. The third-order valence-electron chi connectivity index (χ3n) is 4.22. The molecule has 4 heteroatoms. The van der Waals surface area contributed by atoms with Crippen molar-refractivity contribution in [1.82, 2.24) is 0 Å². The van der Waals surface area contributed by atoms with Gasteiger partial charge in [-0.1, -0.05) is 44.2 Å². The summed E-state index contributed by atoms with van der Waals surface area (Å²) in [6.07, 6.45) is 7.10. The molecule has 0 spiro atoms. The molecule has 1 N–H and O–H groups in total. The lowest BCUT2D eigenvalue weighted by atomic mass is 9.84. The Bertz CT molecular complexity index is 455. The van der Waals surface area contributed by atoms with E-state index in [1.54, 1.807) is 7.11 Å². The predicted octanol–water partition coefficient (Wildman–Crippen LogP) is 3.62. The zero-order valence-corrected chi connectivity index (χ0v) is 12.9. The minimum atomic E-state index is -0.311. The van der Waals surface area contributed by atoms with Gasteiger partial charge >= 0.3 is 5.97 Å². The number of carbonyl (C=O) groups excluding carboxylic acids is 1. The Morgan fingerprint density at radius 2 is 1.95 bits per heavy atom. The van der Waals surface area contributed by atoms with Crippen molar-refractivity contribution in [1.29, 1.82) is 0 Å². The molecule has 21 heavy (non-hydrogen) atoms. The molecular formula is C17H25NO3. The predicted molar refractivity (Wildman–Crippen MR) is 83.6 cm³/mol. The van der Waals surface area contributed by atoms with Crippen LogP contribution in [0.4, 0.5) is 5.69 Å². The largest absolute Gasteiger partial charge is 0.495 e. The molecule has 1 fully saturated rings. The zero-order valence-electron chi connectivity index (χ0n) is 12.9. The number of methoxy groups -OCH3 is 2. The molecule has 1 aliphatic rings. The Morgan fingerprint density at radius 1 is 1.24 bits per heavy atom. The van der Waals surface area contributed by atoms with E-state index in [-0.39, 0.29) is 12.0 Å². The second-order valence-corrected chi connectivity index (χ2v) is 5.66. The molecule has 1 unspecified atom stereocenters. The summed E-state index contributed by atoms with van der Waals surface area (Å²) in [5.41, 5.74) is 0.839. The maximum absolute atomic E-state index is 12.1. The van der Waals surface area contributed by atoms with Crippen molar-refractivity contribution in [2.45, 2.75) is 44.6 Å². The minimum absolute atomic E-state index is 0.202.